The average Bonchev–Trinajstić information content (AvgIpc) is 2.58. The van der Waals surface area contributed by atoms with Crippen LogP contribution in [0.2, 0.25) is 0 Å². The molecule has 1 fully saturated rings. The number of aliphatic hydroxyl groups excluding tert-OH is 1. The van der Waals surface area contributed by atoms with E-state index in [1.54, 1.807) is 11.9 Å². The summed E-state index contributed by atoms with van der Waals surface area (Å²) in [5, 5.41) is 22.7. The number of amides is 2. The number of rotatable bonds is 7. The summed E-state index contributed by atoms with van der Waals surface area (Å²) in [6, 6.07) is 0. The highest BCUT2D eigenvalue weighted by molar-refractivity contribution is 5.85. The lowest BCUT2D eigenvalue weighted by molar-refractivity contribution is -0.129. The van der Waals surface area contributed by atoms with Gasteiger partial charge in [0.2, 0.25) is 18.2 Å². The quantitative estimate of drug-likeness (QED) is 0.177. The van der Waals surface area contributed by atoms with Crippen LogP contribution in [0.5, 0.6) is 0 Å². The van der Waals surface area contributed by atoms with Crippen molar-refractivity contribution < 1.29 is 19.4 Å². The Balaban J connectivity index is 2.51. The van der Waals surface area contributed by atoms with Crippen LogP contribution in [0.15, 0.2) is 11.8 Å². The molecule has 0 atom stereocenters. The van der Waals surface area contributed by atoms with Gasteiger partial charge in [-0.1, -0.05) is 0 Å². The van der Waals surface area contributed by atoms with Crippen LogP contribution in [-0.2, 0) is 14.3 Å². The SMILES string of the molecule is CNC1(N(C)C=O)CCC(C(=O)NC/C(O)=C/C(=N)OC)CC1. The van der Waals surface area contributed by atoms with Crippen molar-refractivity contribution in [3.05, 3.63) is 11.8 Å². The van der Waals surface area contributed by atoms with E-state index >= 15 is 0 Å². The molecule has 0 radical (unpaired) electrons. The van der Waals surface area contributed by atoms with Gasteiger partial charge < -0.3 is 20.1 Å². The zero-order valence-corrected chi connectivity index (χ0v) is 13.9. The van der Waals surface area contributed by atoms with Crippen molar-refractivity contribution in [1.82, 2.24) is 15.5 Å². The Morgan fingerprint density at radius 3 is 2.57 bits per heavy atom. The van der Waals surface area contributed by atoms with E-state index in [2.05, 4.69) is 15.4 Å². The molecule has 0 bridgehead atoms. The monoisotopic (exact) mass is 326 g/mol. The van der Waals surface area contributed by atoms with E-state index in [1.807, 2.05) is 7.05 Å². The van der Waals surface area contributed by atoms with Crippen LogP contribution >= 0.6 is 0 Å². The van der Waals surface area contributed by atoms with Gasteiger partial charge in [0, 0.05) is 19.0 Å². The molecule has 1 rings (SSSR count). The van der Waals surface area contributed by atoms with E-state index < -0.39 is 5.66 Å². The lowest BCUT2D eigenvalue weighted by Crippen LogP contribution is -2.58. The minimum Gasteiger partial charge on any atom is -0.510 e. The first-order chi connectivity index (χ1) is 10.9. The number of carbonyl (C=O) groups excluding carboxylic acids is 2. The molecule has 0 spiro atoms. The minimum absolute atomic E-state index is 0.0352. The van der Waals surface area contributed by atoms with Crippen molar-refractivity contribution in [3.8, 4) is 0 Å². The second-order valence-electron chi connectivity index (χ2n) is 5.69. The predicted octanol–water partition coefficient (Wildman–Crippen LogP) is 0.362. The number of carbonyl (C=O) groups is 2. The third kappa shape index (κ3) is 4.95. The number of nitrogens with zero attached hydrogens (tertiary/aromatic N) is 1. The summed E-state index contributed by atoms with van der Waals surface area (Å²) in [6.07, 6.45) is 4.63. The van der Waals surface area contributed by atoms with Gasteiger partial charge in [-0.25, -0.2) is 0 Å². The Bertz CT molecular complexity index is 470. The Labute approximate surface area is 136 Å². The summed E-state index contributed by atoms with van der Waals surface area (Å²) in [6.45, 7) is -0.0352. The number of methoxy groups -OCH3 is 1. The predicted molar refractivity (Wildman–Crippen MR) is 86.0 cm³/mol. The molecule has 1 aliphatic carbocycles. The molecule has 4 N–H and O–H groups in total. The van der Waals surface area contributed by atoms with Crippen molar-refractivity contribution in [2.75, 3.05) is 27.7 Å². The fourth-order valence-corrected chi connectivity index (χ4v) is 2.82. The smallest absolute Gasteiger partial charge is 0.223 e. The molecule has 1 saturated carbocycles. The van der Waals surface area contributed by atoms with Gasteiger partial charge in [0.25, 0.3) is 0 Å². The first-order valence-corrected chi connectivity index (χ1v) is 7.55. The van der Waals surface area contributed by atoms with Crippen LogP contribution in [0, 0.1) is 11.3 Å². The molecular weight excluding hydrogens is 300 g/mol. The molecule has 0 saturated heterocycles. The van der Waals surface area contributed by atoms with E-state index in [4.69, 9.17) is 5.41 Å². The molecule has 23 heavy (non-hydrogen) atoms. The van der Waals surface area contributed by atoms with Gasteiger partial charge in [0.1, 0.15) is 5.76 Å². The minimum atomic E-state index is -0.395. The molecule has 0 aromatic carbocycles. The standard InChI is InChI=1S/C15H26N4O4/c1-17-15(19(2)10-20)6-4-11(5-7-15)14(22)18-9-12(21)8-13(16)23-3/h8,10-11,16-17,21H,4-7,9H2,1-3H3,(H,18,22)/b12-8-,16-13?. The van der Waals surface area contributed by atoms with E-state index in [0.29, 0.717) is 25.7 Å². The zero-order valence-electron chi connectivity index (χ0n) is 13.9. The molecule has 0 aromatic heterocycles. The third-order valence-electron chi connectivity index (χ3n) is 4.44. The number of hydrogen-bond acceptors (Lipinski definition) is 6. The first kappa shape index (κ1) is 19.0. The summed E-state index contributed by atoms with van der Waals surface area (Å²) >= 11 is 0. The van der Waals surface area contributed by atoms with Crippen LogP contribution in [-0.4, -0.2) is 61.6 Å². The normalized spacial score (nSPS) is 24.7. The van der Waals surface area contributed by atoms with Gasteiger partial charge in [-0.3, -0.25) is 20.3 Å². The molecule has 0 aliphatic heterocycles. The average molecular weight is 326 g/mol. The van der Waals surface area contributed by atoms with Gasteiger partial charge in [-0.05, 0) is 32.7 Å². The second-order valence-corrected chi connectivity index (χ2v) is 5.69. The molecule has 1 aliphatic rings. The summed E-state index contributed by atoms with van der Waals surface area (Å²) in [5.41, 5.74) is -0.395. The zero-order chi connectivity index (χ0) is 17.5. The summed E-state index contributed by atoms with van der Waals surface area (Å²) in [5.74, 6) is -0.588. The van der Waals surface area contributed by atoms with Crippen molar-refractivity contribution in [2.45, 2.75) is 31.3 Å². The summed E-state index contributed by atoms with van der Waals surface area (Å²) in [7, 11) is 4.88. The Morgan fingerprint density at radius 2 is 2.09 bits per heavy atom. The Morgan fingerprint density at radius 1 is 1.48 bits per heavy atom. The fourth-order valence-electron chi connectivity index (χ4n) is 2.82. The van der Waals surface area contributed by atoms with Gasteiger partial charge in [-0.15, -0.1) is 0 Å². The molecule has 0 aromatic rings. The summed E-state index contributed by atoms with van der Waals surface area (Å²) < 4.78 is 4.61. The number of hydrogen-bond donors (Lipinski definition) is 4. The fraction of sp³-hybridized carbons (Fsp3) is 0.667. The molecule has 8 heteroatoms. The molecule has 0 heterocycles. The van der Waals surface area contributed by atoms with Crippen LogP contribution in [0.3, 0.4) is 0 Å². The molecule has 0 unspecified atom stereocenters. The van der Waals surface area contributed by atoms with E-state index in [9.17, 15) is 14.7 Å². The third-order valence-corrected chi connectivity index (χ3v) is 4.44. The first-order valence-electron chi connectivity index (χ1n) is 7.55. The van der Waals surface area contributed by atoms with Crippen molar-refractivity contribution in [2.24, 2.45) is 5.92 Å². The van der Waals surface area contributed by atoms with Gasteiger partial charge >= 0.3 is 0 Å². The lowest BCUT2D eigenvalue weighted by atomic mass is 9.80. The van der Waals surface area contributed by atoms with E-state index in [1.165, 1.54) is 7.11 Å². The number of nitrogens with one attached hydrogen (secondary N) is 3. The highest BCUT2D eigenvalue weighted by Crippen LogP contribution is 2.33. The largest absolute Gasteiger partial charge is 0.510 e. The number of ether oxygens (including phenoxy) is 1. The second kappa shape index (κ2) is 8.52. The van der Waals surface area contributed by atoms with Crippen LogP contribution in [0.4, 0.5) is 0 Å². The molecular formula is C15H26N4O4. The Hall–Kier alpha value is -2.09. The maximum Gasteiger partial charge on any atom is 0.223 e. The van der Waals surface area contributed by atoms with Crippen LogP contribution in [0.25, 0.3) is 0 Å². The van der Waals surface area contributed by atoms with Crippen molar-refractivity contribution in [3.63, 3.8) is 0 Å². The Kier molecular flexibility index (Phi) is 7.02. The van der Waals surface area contributed by atoms with Crippen molar-refractivity contribution in [1.29, 1.82) is 5.41 Å². The molecule has 2 amide bonds. The number of aliphatic hydroxyl groups is 1. The van der Waals surface area contributed by atoms with Crippen LogP contribution in [0.1, 0.15) is 25.7 Å². The maximum absolute atomic E-state index is 12.2. The highest BCUT2D eigenvalue weighted by atomic mass is 16.5. The van der Waals surface area contributed by atoms with Gasteiger partial charge in [0.05, 0.1) is 19.3 Å². The van der Waals surface area contributed by atoms with Crippen LogP contribution < -0.4 is 10.6 Å². The lowest BCUT2D eigenvalue weighted by Gasteiger charge is -2.44. The van der Waals surface area contributed by atoms with E-state index in [-0.39, 0.29) is 30.0 Å². The van der Waals surface area contributed by atoms with Gasteiger partial charge in [-0.2, -0.15) is 0 Å². The topological polar surface area (TPSA) is 115 Å². The van der Waals surface area contributed by atoms with Gasteiger partial charge in [0.15, 0.2) is 0 Å². The molecule has 8 nitrogen and oxygen atoms in total. The molecule has 130 valence electrons. The maximum atomic E-state index is 12.2. The summed E-state index contributed by atoms with van der Waals surface area (Å²) in [4.78, 5) is 24.8. The highest BCUT2D eigenvalue weighted by Gasteiger charge is 2.38. The van der Waals surface area contributed by atoms with Crippen molar-refractivity contribution >= 4 is 18.2 Å². The van der Waals surface area contributed by atoms with E-state index in [0.717, 1.165) is 12.5 Å².